The molecule has 0 saturated carbocycles. The minimum Gasteiger partial charge on any atom is -0.473 e. The molecule has 6 heteroatoms. The molecule has 0 radical (unpaired) electrons. The minimum atomic E-state index is -0.259. The van der Waals surface area contributed by atoms with Crippen molar-refractivity contribution in [3.63, 3.8) is 0 Å². The first kappa shape index (κ1) is 15.6. The van der Waals surface area contributed by atoms with Crippen molar-refractivity contribution in [3.8, 4) is 5.75 Å². The molecule has 1 aromatic carbocycles. The average molecular weight is 287 g/mol. The smallest absolute Gasteiger partial charge is 0.317 e. The Morgan fingerprint density at radius 2 is 2.00 bits per heavy atom. The number of hydrogen-bond acceptors (Lipinski definition) is 3. The second kappa shape index (κ2) is 9.47. The molecule has 0 aliphatic heterocycles. The highest BCUT2D eigenvalue weighted by atomic mass is 35.5. The van der Waals surface area contributed by atoms with Crippen LogP contribution in [0.2, 0.25) is 5.02 Å². The predicted octanol–water partition coefficient (Wildman–Crippen LogP) is 2.40. The molecule has 0 unspecified atom stereocenters. The first-order chi connectivity index (χ1) is 9.22. The van der Waals surface area contributed by atoms with Crippen LogP contribution < -0.4 is 15.4 Å². The van der Waals surface area contributed by atoms with Crippen molar-refractivity contribution in [3.05, 3.63) is 29.3 Å². The Morgan fingerprint density at radius 3 is 2.68 bits per heavy atom. The Bertz CT molecular complexity index is 371. The second-order valence-electron chi connectivity index (χ2n) is 3.73. The van der Waals surface area contributed by atoms with Crippen LogP contribution in [0, 0.1) is 0 Å². The summed E-state index contributed by atoms with van der Waals surface area (Å²) in [4.78, 5) is 11.4. The second-order valence-corrected chi connectivity index (χ2v) is 4.16. The molecule has 0 bridgehead atoms. The Hall–Kier alpha value is -1.46. The largest absolute Gasteiger partial charge is 0.473 e. The monoisotopic (exact) mass is 286 g/mol. The molecule has 0 aliphatic carbocycles. The lowest BCUT2D eigenvalue weighted by atomic mass is 10.3. The van der Waals surface area contributed by atoms with Crippen molar-refractivity contribution < 1.29 is 14.3 Å². The van der Waals surface area contributed by atoms with Crippen LogP contribution >= 0.6 is 11.6 Å². The molecule has 1 aromatic rings. The van der Waals surface area contributed by atoms with Crippen molar-refractivity contribution in [2.45, 2.75) is 13.3 Å². The lowest BCUT2D eigenvalue weighted by Gasteiger charge is -2.09. The zero-order chi connectivity index (χ0) is 13.9. The molecule has 0 saturated heterocycles. The van der Waals surface area contributed by atoms with Gasteiger partial charge in [0, 0.05) is 24.8 Å². The first-order valence-electron chi connectivity index (χ1n) is 6.20. The third-order valence-corrected chi connectivity index (χ3v) is 2.49. The number of carbonyl (C=O) groups is 1. The van der Waals surface area contributed by atoms with E-state index in [0.717, 1.165) is 6.42 Å². The molecule has 0 aliphatic rings. The maximum atomic E-state index is 11.4. The van der Waals surface area contributed by atoms with Crippen LogP contribution in [0.4, 0.5) is 4.79 Å². The fourth-order valence-electron chi connectivity index (χ4n) is 1.30. The van der Waals surface area contributed by atoms with E-state index in [1.54, 1.807) is 24.3 Å². The quantitative estimate of drug-likeness (QED) is 0.570. The summed E-state index contributed by atoms with van der Waals surface area (Å²) in [6.45, 7) is 3.97. The van der Waals surface area contributed by atoms with Crippen LogP contribution in [0.15, 0.2) is 24.3 Å². The van der Waals surface area contributed by atoms with Gasteiger partial charge in [-0.3, -0.25) is 0 Å². The lowest BCUT2D eigenvalue weighted by Crippen LogP contribution is -2.38. The van der Waals surface area contributed by atoms with E-state index < -0.39 is 0 Å². The number of carbonyl (C=O) groups excluding carboxylic acids is 1. The van der Waals surface area contributed by atoms with E-state index in [0.29, 0.717) is 30.5 Å². The molecule has 106 valence electrons. The summed E-state index contributed by atoms with van der Waals surface area (Å²) >= 11 is 5.74. The van der Waals surface area contributed by atoms with Crippen LogP contribution in [-0.4, -0.2) is 32.5 Å². The highest BCUT2D eigenvalue weighted by Gasteiger charge is 1.99. The van der Waals surface area contributed by atoms with Crippen LogP contribution in [0.3, 0.4) is 0 Å². The zero-order valence-corrected chi connectivity index (χ0v) is 11.7. The summed E-state index contributed by atoms with van der Waals surface area (Å²) in [5.74, 6) is 0.654. The van der Waals surface area contributed by atoms with Crippen LogP contribution in [-0.2, 0) is 4.74 Å². The minimum absolute atomic E-state index is 0.110. The number of halogens is 1. The van der Waals surface area contributed by atoms with Gasteiger partial charge in [0.15, 0.2) is 6.73 Å². The Morgan fingerprint density at radius 1 is 1.26 bits per heavy atom. The average Bonchev–Trinajstić information content (AvgIpc) is 2.41. The van der Waals surface area contributed by atoms with Crippen LogP contribution in [0.5, 0.6) is 5.75 Å². The van der Waals surface area contributed by atoms with Gasteiger partial charge in [0.2, 0.25) is 0 Å². The molecular weight excluding hydrogens is 268 g/mol. The highest BCUT2D eigenvalue weighted by Crippen LogP contribution is 2.14. The molecular formula is C13H19ClN2O3. The van der Waals surface area contributed by atoms with Crippen molar-refractivity contribution in [1.82, 2.24) is 10.6 Å². The summed E-state index contributed by atoms with van der Waals surface area (Å²) in [7, 11) is 0. The fraction of sp³-hybridized carbons (Fsp3) is 0.462. The summed E-state index contributed by atoms with van der Waals surface area (Å²) in [5, 5.41) is 5.94. The van der Waals surface area contributed by atoms with Crippen molar-refractivity contribution >= 4 is 17.6 Å². The Balaban J connectivity index is 2.05. The Labute approximate surface area is 118 Å². The van der Waals surface area contributed by atoms with E-state index in [-0.39, 0.29) is 12.8 Å². The van der Waals surface area contributed by atoms with Gasteiger partial charge in [-0.25, -0.2) is 4.79 Å². The van der Waals surface area contributed by atoms with Crippen molar-refractivity contribution in [1.29, 1.82) is 0 Å². The van der Waals surface area contributed by atoms with Crippen LogP contribution in [0.25, 0.3) is 0 Å². The van der Waals surface area contributed by atoms with E-state index in [9.17, 15) is 4.79 Å². The number of rotatable bonds is 8. The topological polar surface area (TPSA) is 59.6 Å². The maximum absolute atomic E-state index is 11.4. The number of nitrogens with one attached hydrogen (secondary N) is 2. The number of hydrogen-bond donors (Lipinski definition) is 2. The SMILES string of the molecule is CCOCCCNC(=O)NCOc1ccc(Cl)cc1. The van der Waals surface area contributed by atoms with Gasteiger partial charge < -0.3 is 20.1 Å². The fourth-order valence-corrected chi connectivity index (χ4v) is 1.42. The molecule has 5 nitrogen and oxygen atoms in total. The van der Waals surface area contributed by atoms with Gasteiger partial charge in [0.05, 0.1) is 0 Å². The summed E-state index contributed by atoms with van der Waals surface area (Å²) in [5.41, 5.74) is 0. The summed E-state index contributed by atoms with van der Waals surface area (Å²) in [6, 6.07) is 6.68. The van der Waals surface area contributed by atoms with Gasteiger partial charge in [-0.2, -0.15) is 0 Å². The third-order valence-electron chi connectivity index (χ3n) is 2.24. The molecule has 0 spiro atoms. The van der Waals surface area contributed by atoms with Crippen molar-refractivity contribution in [2.24, 2.45) is 0 Å². The van der Waals surface area contributed by atoms with E-state index in [1.165, 1.54) is 0 Å². The summed E-state index contributed by atoms with van der Waals surface area (Å²) < 4.78 is 10.5. The van der Waals surface area contributed by atoms with E-state index in [2.05, 4.69) is 10.6 Å². The lowest BCUT2D eigenvalue weighted by molar-refractivity contribution is 0.145. The number of ether oxygens (including phenoxy) is 2. The molecule has 0 atom stereocenters. The molecule has 0 fully saturated rings. The van der Waals surface area contributed by atoms with Gasteiger partial charge in [-0.1, -0.05) is 11.6 Å². The maximum Gasteiger partial charge on any atom is 0.317 e. The standard InChI is InChI=1S/C13H19ClN2O3/c1-2-18-9-3-8-15-13(17)16-10-19-12-6-4-11(14)5-7-12/h4-7H,2-3,8-10H2,1H3,(H2,15,16,17). The predicted molar refractivity (Wildman–Crippen MR) is 74.6 cm³/mol. The molecule has 0 aromatic heterocycles. The number of benzene rings is 1. The number of amides is 2. The molecule has 0 heterocycles. The third kappa shape index (κ3) is 7.54. The zero-order valence-electron chi connectivity index (χ0n) is 10.9. The van der Waals surface area contributed by atoms with E-state index in [4.69, 9.17) is 21.1 Å². The Kier molecular flexibility index (Phi) is 7.77. The van der Waals surface area contributed by atoms with Crippen molar-refractivity contribution in [2.75, 3.05) is 26.5 Å². The number of urea groups is 1. The first-order valence-corrected chi connectivity index (χ1v) is 6.58. The van der Waals surface area contributed by atoms with E-state index in [1.807, 2.05) is 6.92 Å². The normalized spacial score (nSPS) is 10.0. The van der Waals surface area contributed by atoms with Gasteiger partial charge in [-0.05, 0) is 37.6 Å². The molecule has 1 rings (SSSR count). The highest BCUT2D eigenvalue weighted by molar-refractivity contribution is 6.30. The van der Waals surface area contributed by atoms with Gasteiger partial charge in [0.1, 0.15) is 5.75 Å². The van der Waals surface area contributed by atoms with Gasteiger partial charge in [0.25, 0.3) is 0 Å². The summed E-state index contributed by atoms with van der Waals surface area (Å²) in [6.07, 6.45) is 0.791. The molecule has 19 heavy (non-hydrogen) atoms. The van der Waals surface area contributed by atoms with Gasteiger partial charge in [-0.15, -0.1) is 0 Å². The van der Waals surface area contributed by atoms with Gasteiger partial charge >= 0.3 is 6.03 Å². The van der Waals surface area contributed by atoms with E-state index >= 15 is 0 Å². The van der Waals surface area contributed by atoms with Crippen LogP contribution in [0.1, 0.15) is 13.3 Å². The molecule has 2 amide bonds. The molecule has 2 N–H and O–H groups in total.